The van der Waals surface area contributed by atoms with Crippen LogP contribution in [0.2, 0.25) is 0 Å². The van der Waals surface area contributed by atoms with Crippen LogP contribution in [0.5, 0.6) is 0 Å². The highest BCUT2D eigenvalue weighted by atomic mass is 16.2. The Labute approximate surface area is 112 Å². The minimum atomic E-state index is -0.231. The third-order valence-corrected chi connectivity index (χ3v) is 3.03. The van der Waals surface area contributed by atoms with Gasteiger partial charge in [-0.25, -0.2) is 9.97 Å². The van der Waals surface area contributed by atoms with Crippen molar-refractivity contribution in [3.63, 3.8) is 0 Å². The van der Waals surface area contributed by atoms with Crippen LogP contribution in [-0.2, 0) is 16.1 Å². The molecule has 102 valence electrons. The van der Waals surface area contributed by atoms with Gasteiger partial charge in [-0.1, -0.05) is 6.92 Å². The zero-order valence-corrected chi connectivity index (χ0v) is 11.4. The first-order valence-corrected chi connectivity index (χ1v) is 6.44. The number of nitrogens with one attached hydrogen (secondary N) is 1. The van der Waals surface area contributed by atoms with E-state index in [0.29, 0.717) is 5.82 Å². The molecule has 6 heteroatoms. The van der Waals surface area contributed by atoms with E-state index >= 15 is 0 Å². The molecule has 1 aromatic heterocycles. The molecule has 19 heavy (non-hydrogen) atoms. The average Bonchev–Trinajstić information content (AvgIpc) is 2.56. The fourth-order valence-electron chi connectivity index (χ4n) is 2.13. The van der Waals surface area contributed by atoms with Crippen molar-refractivity contribution in [2.45, 2.75) is 33.7 Å². The second-order valence-electron chi connectivity index (χ2n) is 4.76. The molecule has 2 rings (SSSR count). The van der Waals surface area contributed by atoms with Gasteiger partial charge in [-0.15, -0.1) is 0 Å². The number of amides is 2. The largest absolute Gasteiger partial charge is 0.370 e. The third kappa shape index (κ3) is 2.89. The Kier molecular flexibility index (Phi) is 3.78. The van der Waals surface area contributed by atoms with E-state index in [4.69, 9.17) is 0 Å². The lowest BCUT2D eigenvalue weighted by molar-refractivity contribution is -0.140. The van der Waals surface area contributed by atoms with Gasteiger partial charge in [-0.3, -0.25) is 14.5 Å². The van der Waals surface area contributed by atoms with Crippen LogP contribution in [0, 0.1) is 12.8 Å². The normalized spacial score (nSPS) is 19.1. The zero-order chi connectivity index (χ0) is 14.0. The average molecular weight is 262 g/mol. The van der Waals surface area contributed by atoms with Gasteiger partial charge in [0.05, 0.1) is 6.54 Å². The van der Waals surface area contributed by atoms with Gasteiger partial charge in [0.2, 0.25) is 11.8 Å². The molecule has 1 fully saturated rings. The van der Waals surface area contributed by atoms with Gasteiger partial charge in [-0.05, 0) is 13.8 Å². The van der Waals surface area contributed by atoms with Gasteiger partial charge in [0.25, 0.3) is 0 Å². The summed E-state index contributed by atoms with van der Waals surface area (Å²) in [5, 5.41) is 3.11. The topological polar surface area (TPSA) is 75.2 Å². The van der Waals surface area contributed by atoms with E-state index in [1.54, 1.807) is 6.92 Å². The maximum atomic E-state index is 11.8. The van der Waals surface area contributed by atoms with Crippen molar-refractivity contribution in [2.24, 2.45) is 5.92 Å². The summed E-state index contributed by atoms with van der Waals surface area (Å²) < 4.78 is 0. The Balaban J connectivity index is 2.19. The fourth-order valence-corrected chi connectivity index (χ4v) is 2.13. The molecule has 1 aliphatic rings. The molecule has 1 atom stereocenters. The molecule has 2 heterocycles. The van der Waals surface area contributed by atoms with Gasteiger partial charge in [0.1, 0.15) is 5.82 Å². The summed E-state index contributed by atoms with van der Waals surface area (Å²) in [6.07, 6.45) is 0.282. The Hall–Kier alpha value is -1.98. The quantitative estimate of drug-likeness (QED) is 0.823. The number of nitrogens with zero attached hydrogens (tertiary/aromatic N) is 3. The van der Waals surface area contributed by atoms with Crippen LogP contribution in [0.3, 0.4) is 0 Å². The second-order valence-corrected chi connectivity index (χ2v) is 4.76. The van der Waals surface area contributed by atoms with Crippen molar-refractivity contribution < 1.29 is 9.59 Å². The lowest BCUT2D eigenvalue weighted by atomic mass is 10.1. The first-order valence-electron chi connectivity index (χ1n) is 6.44. The molecule has 0 aromatic carbocycles. The maximum Gasteiger partial charge on any atom is 0.232 e. The Morgan fingerprint density at radius 2 is 2.16 bits per heavy atom. The highest BCUT2D eigenvalue weighted by molar-refractivity contribution is 6.03. The number of anilines is 1. The molecule has 0 aliphatic carbocycles. The number of aryl methyl sites for hydroxylation is 1. The molecule has 6 nitrogen and oxygen atoms in total. The van der Waals surface area contributed by atoms with E-state index in [9.17, 15) is 9.59 Å². The molecular weight excluding hydrogens is 244 g/mol. The van der Waals surface area contributed by atoms with Crippen LogP contribution in [0.1, 0.15) is 31.8 Å². The first-order chi connectivity index (χ1) is 9.01. The van der Waals surface area contributed by atoms with Crippen LogP contribution in [0.4, 0.5) is 5.82 Å². The zero-order valence-electron chi connectivity index (χ0n) is 11.4. The number of carbonyl (C=O) groups excluding carboxylic acids is 2. The number of hydrogen-bond donors (Lipinski definition) is 1. The molecule has 1 aromatic rings. The molecule has 0 radical (unpaired) electrons. The monoisotopic (exact) mass is 262 g/mol. The predicted octanol–water partition coefficient (Wildman–Crippen LogP) is 1.11. The van der Waals surface area contributed by atoms with Crippen molar-refractivity contribution >= 4 is 17.6 Å². The molecular formula is C13H18N4O2. The summed E-state index contributed by atoms with van der Waals surface area (Å²) in [7, 11) is 0. The molecule has 0 spiro atoms. The van der Waals surface area contributed by atoms with E-state index in [2.05, 4.69) is 15.3 Å². The summed E-state index contributed by atoms with van der Waals surface area (Å²) in [4.78, 5) is 33.4. The highest BCUT2D eigenvalue weighted by Gasteiger charge is 2.35. The van der Waals surface area contributed by atoms with E-state index in [1.165, 1.54) is 4.90 Å². The van der Waals surface area contributed by atoms with E-state index in [0.717, 1.165) is 18.1 Å². The van der Waals surface area contributed by atoms with Crippen molar-refractivity contribution in [1.82, 2.24) is 14.9 Å². The van der Waals surface area contributed by atoms with Gasteiger partial charge in [-0.2, -0.15) is 0 Å². The number of imide groups is 1. The van der Waals surface area contributed by atoms with E-state index < -0.39 is 0 Å². The molecule has 0 saturated carbocycles. The Morgan fingerprint density at radius 3 is 2.74 bits per heavy atom. The molecule has 1 saturated heterocycles. The van der Waals surface area contributed by atoms with Crippen LogP contribution in [0.25, 0.3) is 0 Å². The van der Waals surface area contributed by atoms with Crippen LogP contribution < -0.4 is 5.32 Å². The van der Waals surface area contributed by atoms with Crippen molar-refractivity contribution in [3.8, 4) is 0 Å². The standard InChI is InChI=1S/C13H18N4O2/c1-4-14-10-6-9(3)15-11(16-10)7-17-12(18)5-8(2)13(17)19/h6,8H,4-5,7H2,1-3H3,(H,14,15,16). The summed E-state index contributed by atoms with van der Waals surface area (Å²) in [5.74, 6) is 0.696. The summed E-state index contributed by atoms with van der Waals surface area (Å²) in [5.41, 5.74) is 0.813. The molecule has 2 amide bonds. The highest BCUT2D eigenvalue weighted by Crippen LogP contribution is 2.20. The lowest BCUT2D eigenvalue weighted by Crippen LogP contribution is -2.30. The van der Waals surface area contributed by atoms with Crippen LogP contribution in [0.15, 0.2) is 6.07 Å². The van der Waals surface area contributed by atoms with Gasteiger partial charge in [0, 0.05) is 30.6 Å². The van der Waals surface area contributed by atoms with Gasteiger partial charge < -0.3 is 5.32 Å². The van der Waals surface area contributed by atoms with Gasteiger partial charge in [0.15, 0.2) is 5.82 Å². The number of likely N-dealkylation sites (tertiary alicyclic amines) is 1. The van der Waals surface area contributed by atoms with Crippen LogP contribution >= 0.6 is 0 Å². The number of carbonyl (C=O) groups is 2. The van der Waals surface area contributed by atoms with Gasteiger partial charge >= 0.3 is 0 Å². The third-order valence-electron chi connectivity index (χ3n) is 3.03. The summed E-state index contributed by atoms with van der Waals surface area (Å²) in [6.45, 7) is 6.52. The minimum absolute atomic E-state index is 0.139. The van der Waals surface area contributed by atoms with E-state index in [-0.39, 0.29) is 30.7 Å². The number of aromatic nitrogens is 2. The number of rotatable bonds is 4. The minimum Gasteiger partial charge on any atom is -0.370 e. The molecule has 1 N–H and O–H groups in total. The van der Waals surface area contributed by atoms with Crippen molar-refractivity contribution in [3.05, 3.63) is 17.6 Å². The number of hydrogen-bond acceptors (Lipinski definition) is 5. The Morgan fingerprint density at radius 1 is 1.42 bits per heavy atom. The first kappa shape index (κ1) is 13.5. The second kappa shape index (κ2) is 5.34. The summed E-state index contributed by atoms with van der Waals surface area (Å²) >= 11 is 0. The Bertz CT molecular complexity index is 515. The van der Waals surface area contributed by atoms with E-state index in [1.807, 2.05) is 19.9 Å². The molecule has 0 bridgehead atoms. The summed E-state index contributed by atoms with van der Waals surface area (Å²) in [6, 6.07) is 1.84. The van der Waals surface area contributed by atoms with Crippen molar-refractivity contribution in [2.75, 3.05) is 11.9 Å². The smallest absolute Gasteiger partial charge is 0.232 e. The SMILES string of the molecule is CCNc1cc(C)nc(CN2C(=O)CC(C)C2=O)n1. The van der Waals surface area contributed by atoms with Crippen molar-refractivity contribution in [1.29, 1.82) is 0 Å². The fraction of sp³-hybridized carbons (Fsp3) is 0.538. The molecule has 1 unspecified atom stereocenters. The molecule has 1 aliphatic heterocycles. The lowest BCUT2D eigenvalue weighted by Gasteiger charge is -2.14. The predicted molar refractivity (Wildman–Crippen MR) is 70.3 cm³/mol. The van der Waals surface area contributed by atoms with Crippen LogP contribution in [-0.4, -0.2) is 33.2 Å². The maximum absolute atomic E-state index is 11.8.